The van der Waals surface area contributed by atoms with E-state index in [1.54, 1.807) is 6.07 Å². The number of nitrogens with zero attached hydrogens (tertiary/aromatic N) is 2. The van der Waals surface area contributed by atoms with Gasteiger partial charge >= 0.3 is 12.3 Å². The summed E-state index contributed by atoms with van der Waals surface area (Å²) in [5, 5.41) is 24.5. The van der Waals surface area contributed by atoms with E-state index >= 15 is 0 Å². The minimum Gasteiger partial charge on any atom is -0.427 e. The van der Waals surface area contributed by atoms with E-state index in [9.17, 15) is 29.0 Å². The molecule has 126 valence electrons. The number of nitro benzene ring substituents is 2. The van der Waals surface area contributed by atoms with Crippen LogP contribution < -0.4 is 10.1 Å². The standard InChI is InChI=1S/C14H11F2N3O5/c15-14(16)24-13-7-10(5-6-12(13)19(22)23)17-8-9-3-1-2-4-11(9)18(20)21/h1-7,14,17H,8H2. The maximum absolute atomic E-state index is 12.3. The average molecular weight is 339 g/mol. The number of nitro groups is 2. The van der Waals surface area contributed by atoms with Gasteiger partial charge in [-0.25, -0.2) is 0 Å². The van der Waals surface area contributed by atoms with Gasteiger partial charge in [0.15, 0.2) is 0 Å². The highest BCUT2D eigenvalue weighted by Gasteiger charge is 2.19. The van der Waals surface area contributed by atoms with Gasteiger partial charge in [0, 0.05) is 36.0 Å². The second-order valence-electron chi connectivity index (χ2n) is 4.56. The zero-order chi connectivity index (χ0) is 17.7. The number of anilines is 1. The van der Waals surface area contributed by atoms with Crippen molar-refractivity contribution in [3.8, 4) is 5.75 Å². The van der Waals surface area contributed by atoms with Gasteiger partial charge in [0.05, 0.1) is 9.85 Å². The van der Waals surface area contributed by atoms with Gasteiger partial charge in [-0.2, -0.15) is 8.78 Å². The SMILES string of the molecule is O=[N+]([O-])c1ccccc1CNc1ccc([N+](=O)[O-])c(OC(F)F)c1. The molecule has 0 aliphatic rings. The van der Waals surface area contributed by atoms with Crippen LogP contribution >= 0.6 is 0 Å². The van der Waals surface area contributed by atoms with Crippen molar-refractivity contribution in [1.82, 2.24) is 0 Å². The van der Waals surface area contributed by atoms with Crippen molar-refractivity contribution in [2.75, 3.05) is 5.32 Å². The van der Waals surface area contributed by atoms with Crippen LogP contribution in [0.2, 0.25) is 0 Å². The maximum atomic E-state index is 12.3. The monoisotopic (exact) mass is 339 g/mol. The van der Waals surface area contributed by atoms with Crippen molar-refractivity contribution >= 4 is 17.1 Å². The molecule has 0 saturated heterocycles. The van der Waals surface area contributed by atoms with Crippen molar-refractivity contribution in [3.63, 3.8) is 0 Å². The van der Waals surface area contributed by atoms with Gasteiger partial charge in [0.2, 0.25) is 5.75 Å². The highest BCUT2D eigenvalue weighted by Crippen LogP contribution is 2.31. The first kappa shape index (κ1) is 17.1. The van der Waals surface area contributed by atoms with Crippen molar-refractivity contribution < 1.29 is 23.4 Å². The van der Waals surface area contributed by atoms with Gasteiger partial charge in [0.1, 0.15) is 0 Å². The lowest BCUT2D eigenvalue weighted by molar-refractivity contribution is -0.386. The number of hydrogen-bond acceptors (Lipinski definition) is 6. The van der Waals surface area contributed by atoms with Gasteiger partial charge in [-0.05, 0) is 6.07 Å². The Balaban J connectivity index is 2.22. The molecular formula is C14H11F2N3O5. The van der Waals surface area contributed by atoms with E-state index in [-0.39, 0.29) is 17.9 Å². The first-order valence-electron chi connectivity index (χ1n) is 6.58. The molecule has 2 aromatic carbocycles. The fourth-order valence-corrected chi connectivity index (χ4v) is 2.00. The molecule has 0 spiro atoms. The number of rotatable bonds is 7. The number of benzene rings is 2. The summed E-state index contributed by atoms with van der Waals surface area (Å²) < 4.78 is 28.8. The number of halogens is 2. The summed E-state index contributed by atoms with van der Waals surface area (Å²) in [7, 11) is 0. The highest BCUT2D eigenvalue weighted by atomic mass is 19.3. The molecule has 0 atom stereocenters. The fraction of sp³-hybridized carbons (Fsp3) is 0.143. The molecule has 2 aromatic rings. The van der Waals surface area contributed by atoms with E-state index < -0.39 is 27.9 Å². The molecule has 2 rings (SSSR count). The molecule has 0 fully saturated rings. The smallest absolute Gasteiger partial charge is 0.387 e. The first-order chi connectivity index (χ1) is 11.4. The van der Waals surface area contributed by atoms with Crippen molar-refractivity contribution in [1.29, 1.82) is 0 Å². The molecule has 0 aliphatic heterocycles. The van der Waals surface area contributed by atoms with Gasteiger partial charge < -0.3 is 10.1 Å². The maximum Gasteiger partial charge on any atom is 0.387 e. The van der Waals surface area contributed by atoms with Gasteiger partial charge in [-0.3, -0.25) is 20.2 Å². The molecule has 0 radical (unpaired) electrons. The molecule has 24 heavy (non-hydrogen) atoms. The lowest BCUT2D eigenvalue weighted by atomic mass is 10.1. The van der Waals surface area contributed by atoms with E-state index in [0.717, 1.165) is 12.1 Å². The Morgan fingerprint density at radius 2 is 1.71 bits per heavy atom. The van der Waals surface area contributed by atoms with E-state index in [1.807, 2.05) is 0 Å². The minimum atomic E-state index is -3.21. The first-order valence-corrected chi connectivity index (χ1v) is 6.58. The van der Waals surface area contributed by atoms with Gasteiger partial charge in [-0.1, -0.05) is 18.2 Å². The van der Waals surface area contributed by atoms with Crippen LogP contribution in [0.3, 0.4) is 0 Å². The van der Waals surface area contributed by atoms with E-state index in [1.165, 1.54) is 24.3 Å². The van der Waals surface area contributed by atoms with Crippen LogP contribution in [0, 0.1) is 20.2 Å². The lowest BCUT2D eigenvalue weighted by Crippen LogP contribution is -2.06. The number of para-hydroxylation sites is 1. The molecule has 8 nitrogen and oxygen atoms in total. The van der Waals surface area contributed by atoms with Crippen LogP contribution in [-0.4, -0.2) is 16.5 Å². The Morgan fingerprint density at radius 1 is 1.04 bits per heavy atom. The Bertz CT molecular complexity index is 770. The van der Waals surface area contributed by atoms with Gasteiger partial charge in [0.25, 0.3) is 5.69 Å². The largest absolute Gasteiger partial charge is 0.427 e. The normalized spacial score (nSPS) is 10.5. The minimum absolute atomic E-state index is 0.0308. The fourth-order valence-electron chi connectivity index (χ4n) is 2.00. The second-order valence-corrected chi connectivity index (χ2v) is 4.56. The number of alkyl halides is 2. The molecule has 10 heteroatoms. The summed E-state index contributed by atoms with van der Waals surface area (Å²) in [6, 6.07) is 9.35. The summed E-state index contributed by atoms with van der Waals surface area (Å²) >= 11 is 0. The van der Waals surface area contributed by atoms with E-state index in [4.69, 9.17) is 0 Å². The van der Waals surface area contributed by atoms with Crippen molar-refractivity contribution in [2.45, 2.75) is 13.2 Å². The zero-order valence-electron chi connectivity index (χ0n) is 12.0. The van der Waals surface area contributed by atoms with E-state index in [2.05, 4.69) is 10.1 Å². The third-order valence-electron chi connectivity index (χ3n) is 3.04. The molecule has 0 aliphatic carbocycles. The summed E-state index contributed by atoms with van der Waals surface area (Å²) in [4.78, 5) is 20.3. The third kappa shape index (κ3) is 4.12. The lowest BCUT2D eigenvalue weighted by Gasteiger charge is -2.10. The van der Waals surface area contributed by atoms with Crippen molar-refractivity contribution in [2.24, 2.45) is 0 Å². The Morgan fingerprint density at radius 3 is 2.33 bits per heavy atom. The summed E-state index contributed by atoms with van der Waals surface area (Å²) in [6.07, 6.45) is 0. The molecule has 0 heterocycles. The van der Waals surface area contributed by atoms with Gasteiger partial charge in [-0.15, -0.1) is 0 Å². The molecule has 1 N–H and O–H groups in total. The van der Waals surface area contributed by atoms with Crippen LogP contribution in [0.5, 0.6) is 5.75 Å². The Hall–Kier alpha value is -3.30. The van der Waals surface area contributed by atoms with Crippen LogP contribution in [-0.2, 0) is 6.54 Å². The van der Waals surface area contributed by atoms with Crippen LogP contribution in [0.1, 0.15) is 5.56 Å². The van der Waals surface area contributed by atoms with Crippen LogP contribution in [0.15, 0.2) is 42.5 Å². The third-order valence-corrected chi connectivity index (χ3v) is 3.04. The van der Waals surface area contributed by atoms with E-state index in [0.29, 0.717) is 5.56 Å². The predicted octanol–water partition coefficient (Wildman–Crippen LogP) is 3.72. The number of nitrogens with one attached hydrogen (secondary N) is 1. The highest BCUT2D eigenvalue weighted by molar-refractivity contribution is 5.58. The quantitative estimate of drug-likeness (QED) is 0.608. The van der Waals surface area contributed by atoms with Crippen LogP contribution in [0.4, 0.5) is 25.8 Å². The van der Waals surface area contributed by atoms with Crippen molar-refractivity contribution in [3.05, 3.63) is 68.3 Å². The van der Waals surface area contributed by atoms with Crippen LogP contribution in [0.25, 0.3) is 0 Å². The molecule has 0 saturated carbocycles. The number of hydrogen-bond donors (Lipinski definition) is 1. The predicted molar refractivity (Wildman–Crippen MR) is 80.2 cm³/mol. The Kier molecular flexibility index (Phi) is 5.20. The topological polar surface area (TPSA) is 108 Å². The number of ether oxygens (including phenoxy) is 1. The summed E-state index contributed by atoms with van der Waals surface area (Å²) in [5.74, 6) is -0.595. The molecule has 0 bridgehead atoms. The summed E-state index contributed by atoms with van der Waals surface area (Å²) in [6.45, 7) is -3.18. The molecule has 0 amide bonds. The molecule has 0 unspecified atom stereocenters. The zero-order valence-corrected chi connectivity index (χ0v) is 12.0. The molecule has 0 aromatic heterocycles. The summed E-state index contributed by atoms with van der Waals surface area (Å²) in [5.41, 5.74) is -0.0888. The Labute approximate surface area is 134 Å². The average Bonchev–Trinajstić information content (AvgIpc) is 2.52. The molecular weight excluding hydrogens is 328 g/mol. The second kappa shape index (κ2) is 7.31.